The topological polar surface area (TPSA) is 65.1 Å². The van der Waals surface area contributed by atoms with Crippen molar-refractivity contribution in [1.82, 2.24) is 4.90 Å². The van der Waals surface area contributed by atoms with Crippen molar-refractivity contribution < 1.29 is 23.8 Å². The Morgan fingerprint density at radius 2 is 1.35 bits per heavy atom. The number of rotatable bonds is 9. The lowest BCUT2D eigenvalue weighted by atomic mass is 9.73. The first-order chi connectivity index (χ1) is 11.1. The number of fused-ring (bicyclic) bond motifs is 1. The molecule has 2 aliphatic rings. The number of nitrogens with zero attached hydrogens (tertiary/aromatic N) is 1. The number of ether oxygens (including phenoxy) is 3. The van der Waals surface area contributed by atoms with Crippen LogP contribution in [0.3, 0.4) is 0 Å². The van der Waals surface area contributed by atoms with E-state index in [4.69, 9.17) is 14.2 Å². The van der Waals surface area contributed by atoms with Crippen molar-refractivity contribution in [2.75, 3.05) is 46.7 Å². The molecule has 4 atom stereocenters. The second kappa shape index (κ2) is 8.57. The van der Waals surface area contributed by atoms with E-state index in [0.717, 1.165) is 0 Å². The lowest BCUT2D eigenvalue weighted by Gasteiger charge is -2.27. The molecule has 1 aliphatic carbocycles. The largest absolute Gasteiger partial charge is 0.382 e. The fourth-order valence-corrected chi connectivity index (χ4v) is 3.31. The van der Waals surface area contributed by atoms with Gasteiger partial charge in [-0.1, -0.05) is 26.0 Å². The second-order valence-electron chi connectivity index (χ2n) is 6.20. The molecule has 0 bridgehead atoms. The third kappa shape index (κ3) is 4.19. The van der Waals surface area contributed by atoms with Crippen LogP contribution in [-0.2, 0) is 23.8 Å². The monoisotopic (exact) mass is 325 g/mol. The summed E-state index contributed by atoms with van der Waals surface area (Å²) in [4.78, 5) is 26.4. The van der Waals surface area contributed by atoms with E-state index in [-0.39, 0.29) is 35.5 Å². The van der Waals surface area contributed by atoms with Crippen LogP contribution in [0.2, 0.25) is 0 Å². The van der Waals surface area contributed by atoms with Crippen LogP contribution in [0.4, 0.5) is 0 Å². The van der Waals surface area contributed by atoms with E-state index in [0.29, 0.717) is 39.6 Å². The van der Waals surface area contributed by atoms with Crippen LogP contribution in [0.1, 0.15) is 13.8 Å². The number of allylic oxidation sites excluding steroid dienone is 2. The van der Waals surface area contributed by atoms with Gasteiger partial charge in [0, 0.05) is 7.11 Å². The zero-order chi connectivity index (χ0) is 16.8. The summed E-state index contributed by atoms with van der Waals surface area (Å²) in [5, 5.41) is 0. The number of imide groups is 1. The lowest BCUT2D eigenvalue weighted by Crippen LogP contribution is -2.35. The summed E-state index contributed by atoms with van der Waals surface area (Å²) < 4.78 is 15.6. The van der Waals surface area contributed by atoms with Gasteiger partial charge in [-0.25, -0.2) is 0 Å². The molecule has 6 heteroatoms. The van der Waals surface area contributed by atoms with E-state index < -0.39 is 0 Å². The zero-order valence-corrected chi connectivity index (χ0v) is 14.2. The normalized spacial score (nSPS) is 30.1. The minimum Gasteiger partial charge on any atom is -0.382 e. The average molecular weight is 325 g/mol. The fraction of sp³-hybridized carbons (Fsp3) is 0.765. The molecule has 23 heavy (non-hydrogen) atoms. The maximum atomic E-state index is 12.5. The quantitative estimate of drug-likeness (QED) is 0.361. The summed E-state index contributed by atoms with van der Waals surface area (Å²) >= 11 is 0. The first-order valence-corrected chi connectivity index (χ1v) is 8.26. The second-order valence-corrected chi connectivity index (χ2v) is 6.20. The van der Waals surface area contributed by atoms with Gasteiger partial charge in [-0.05, 0) is 11.8 Å². The van der Waals surface area contributed by atoms with Crippen LogP contribution < -0.4 is 0 Å². The molecule has 130 valence electrons. The van der Waals surface area contributed by atoms with Gasteiger partial charge in [0.25, 0.3) is 0 Å². The van der Waals surface area contributed by atoms with Crippen molar-refractivity contribution in [3.63, 3.8) is 0 Å². The Balaban J connectivity index is 1.74. The Bertz CT molecular complexity index is 420. The molecular weight excluding hydrogens is 298 g/mol. The summed E-state index contributed by atoms with van der Waals surface area (Å²) in [5.41, 5.74) is 0. The average Bonchev–Trinajstić information content (AvgIpc) is 2.79. The predicted molar refractivity (Wildman–Crippen MR) is 84.7 cm³/mol. The van der Waals surface area contributed by atoms with E-state index in [1.807, 2.05) is 26.0 Å². The molecule has 4 unspecified atom stereocenters. The highest BCUT2D eigenvalue weighted by molar-refractivity contribution is 6.05. The molecule has 1 heterocycles. The minimum atomic E-state index is -0.208. The molecule has 0 aromatic carbocycles. The molecule has 0 aromatic rings. The molecule has 1 saturated heterocycles. The van der Waals surface area contributed by atoms with E-state index in [1.54, 1.807) is 7.11 Å². The van der Waals surface area contributed by atoms with Crippen molar-refractivity contribution in [1.29, 1.82) is 0 Å². The van der Waals surface area contributed by atoms with Gasteiger partial charge in [-0.15, -0.1) is 0 Å². The van der Waals surface area contributed by atoms with Gasteiger partial charge < -0.3 is 14.2 Å². The van der Waals surface area contributed by atoms with Crippen molar-refractivity contribution in [3.05, 3.63) is 12.2 Å². The van der Waals surface area contributed by atoms with Crippen LogP contribution in [0, 0.1) is 23.7 Å². The summed E-state index contributed by atoms with van der Waals surface area (Å²) in [6.07, 6.45) is 4.10. The van der Waals surface area contributed by atoms with E-state index in [2.05, 4.69) is 0 Å². The standard InChI is InChI=1S/C17H27NO5/c1-12-4-5-13(2)15-14(12)16(19)18(17(15)20)6-7-22-10-11-23-9-8-21-3/h4-5,12-15H,6-11H2,1-3H3. The Kier molecular flexibility index (Phi) is 6.74. The lowest BCUT2D eigenvalue weighted by molar-refractivity contribution is -0.141. The van der Waals surface area contributed by atoms with Crippen LogP contribution in [-0.4, -0.2) is 63.4 Å². The van der Waals surface area contributed by atoms with Gasteiger partial charge in [-0.2, -0.15) is 0 Å². The Hall–Kier alpha value is -1.24. The fourth-order valence-electron chi connectivity index (χ4n) is 3.31. The molecule has 6 nitrogen and oxygen atoms in total. The summed E-state index contributed by atoms with van der Waals surface area (Å²) in [7, 11) is 1.62. The first-order valence-electron chi connectivity index (χ1n) is 8.26. The number of hydrogen-bond acceptors (Lipinski definition) is 5. The van der Waals surface area contributed by atoms with Gasteiger partial charge in [0.2, 0.25) is 11.8 Å². The highest BCUT2D eigenvalue weighted by atomic mass is 16.5. The number of carbonyl (C=O) groups is 2. The van der Waals surface area contributed by atoms with Gasteiger partial charge >= 0.3 is 0 Å². The Labute approximate surface area is 137 Å². The number of carbonyl (C=O) groups excluding carboxylic acids is 2. The van der Waals surface area contributed by atoms with Gasteiger partial charge in [-0.3, -0.25) is 14.5 Å². The predicted octanol–water partition coefficient (Wildman–Crippen LogP) is 1.11. The molecule has 0 N–H and O–H groups in total. The zero-order valence-electron chi connectivity index (χ0n) is 14.2. The van der Waals surface area contributed by atoms with Crippen molar-refractivity contribution in [2.24, 2.45) is 23.7 Å². The minimum absolute atomic E-state index is 0.0522. The highest BCUT2D eigenvalue weighted by Gasteiger charge is 2.51. The number of amides is 2. The van der Waals surface area contributed by atoms with Crippen LogP contribution in [0.15, 0.2) is 12.2 Å². The molecule has 0 saturated carbocycles. The molecule has 1 fully saturated rings. The molecule has 1 aliphatic heterocycles. The molecular formula is C17H27NO5. The maximum Gasteiger partial charge on any atom is 0.233 e. The van der Waals surface area contributed by atoms with E-state index in [1.165, 1.54) is 4.90 Å². The Morgan fingerprint density at radius 1 is 0.870 bits per heavy atom. The Morgan fingerprint density at radius 3 is 1.87 bits per heavy atom. The third-order valence-corrected chi connectivity index (χ3v) is 4.60. The van der Waals surface area contributed by atoms with Crippen LogP contribution >= 0.6 is 0 Å². The number of likely N-dealkylation sites (tertiary alicyclic amines) is 1. The van der Waals surface area contributed by atoms with Gasteiger partial charge in [0.05, 0.1) is 51.4 Å². The van der Waals surface area contributed by atoms with Crippen molar-refractivity contribution in [2.45, 2.75) is 13.8 Å². The molecule has 0 spiro atoms. The number of methoxy groups -OCH3 is 1. The van der Waals surface area contributed by atoms with Gasteiger partial charge in [0.1, 0.15) is 0 Å². The SMILES string of the molecule is COCCOCCOCCN1C(=O)C2C(C)C=CC(C)C2C1=O. The van der Waals surface area contributed by atoms with E-state index in [9.17, 15) is 9.59 Å². The molecule has 0 radical (unpaired) electrons. The molecule has 2 rings (SSSR count). The molecule has 2 amide bonds. The van der Waals surface area contributed by atoms with Crippen LogP contribution in [0.5, 0.6) is 0 Å². The summed E-state index contributed by atoms with van der Waals surface area (Å²) in [5.74, 6) is -0.285. The highest BCUT2D eigenvalue weighted by Crippen LogP contribution is 2.41. The smallest absolute Gasteiger partial charge is 0.233 e. The third-order valence-electron chi connectivity index (χ3n) is 4.60. The summed E-state index contributed by atoms with van der Waals surface area (Å²) in [6.45, 7) is 6.70. The summed E-state index contributed by atoms with van der Waals surface area (Å²) in [6, 6.07) is 0. The maximum absolute atomic E-state index is 12.5. The molecule has 0 aromatic heterocycles. The van der Waals surface area contributed by atoms with Gasteiger partial charge in [0.15, 0.2) is 0 Å². The van der Waals surface area contributed by atoms with Crippen molar-refractivity contribution >= 4 is 11.8 Å². The van der Waals surface area contributed by atoms with Crippen molar-refractivity contribution in [3.8, 4) is 0 Å². The number of hydrogen-bond donors (Lipinski definition) is 0. The first kappa shape index (κ1) is 18.1. The van der Waals surface area contributed by atoms with Crippen LogP contribution in [0.25, 0.3) is 0 Å². The van der Waals surface area contributed by atoms with E-state index >= 15 is 0 Å².